The zero-order chi connectivity index (χ0) is 19.4. The highest BCUT2D eigenvalue weighted by molar-refractivity contribution is 7.98. The van der Waals surface area contributed by atoms with Crippen molar-refractivity contribution in [2.24, 2.45) is 0 Å². The van der Waals surface area contributed by atoms with Crippen molar-refractivity contribution in [2.75, 3.05) is 20.5 Å². The predicted octanol–water partition coefficient (Wildman–Crippen LogP) is 3.75. The number of rotatable bonds is 6. The van der Waals surface area contributed by atoms with E-state index in [0.717, 1.165) is 11.1 Å². The van der Waals surface area contributed by atoms with Crippen LogP contribution in [-0.4, -0.2) is 35.0 Å². The minimum atomic E-state index is -0.112. The molecule has 0 radical (unpaired) electrons. The van der Waals surface area contributed by atoms with Crippen LogP contribution in [0.5, 0.6) is 11.5 Å². The van der Waals surface area contributed by atoms with Gasteiger partial charge in [0, 0.05) is 23.9 Å². The van der Waals surface area contributed by atoms with E-state index in [1.54, 1.807) is 37.1 Å². The third-order valence-corrected chi connectivity index (χ3v) is 4.68. The lowest BCUT2D eigenvalue weighted by atomic mass is 10.1. The van der Waals surface area contributed by atoms with Gasteiger partial charge in [0.25, 0.3) is 5.56 Å². The zero-order valence-electron chi connectivity index (χ0n) is 15.1. The van der Waals surface area contributed by atoms with E-state index in [-0.39, 0.29) is 5.56 Å². The lowest BCUT2D eigenvalue weighted by Crippen LogP contribution is -2.19. The van der Waals surface area contributed by atoms with E-state index < -0.39 is 0 Å². The van der Waals surface area contributed by atoms with Gasteiger partial charge < -0.3 is 14.0 Å². The number of halogens is 1. The van der Waals surface area contributed by atoms with Gasteiger partial charge in [0.15, 0.2) is 16.7 Å². The van der Waals surface area contributed by atoms with Crippen molar-refractivity contribution in [2.45, 2.75) is 11.7 Å². The minimum Gasteiger partial charge on any atom is -0.493 e. The van der Waals surface area contributed by atoms with Crippen LogP contribution in [0.15, 0.2) is 52.5 Å². The largest absolute Gasteiger partial charge is 0.493 e. The molecule has 0 aliphatic rings. The Hall–Kier alpha value is -2.51. The molecule has 0 bridgehead atoms. The highest BCUT2D eigenvalue weighted by atomic mass is 35.5. The smallest absolute Gasteiger partial charge is 0.250 e. The van der Waals surface area contributed by atoms with Crippen LogP contribution < -0.4 is 15.0 Å². The fraction of sp³-hybridized carbons (Fsp3) is 0.211. The normalized spacial score (nSPS) is 10.7. The molecule has 3 rings (SSSR count). The summed E-state index contributed by atoms with van der Waals surface area (Å²) in [6, 6.07) is 10.5. The average molecular weight is 404 g/mol. The molecule has 0 unspecified atom stereocenters. The van der Waals surface area contributed by atoms with Crippen molar-refractivity contribution < 1.29 is 9.47 Å². The van der Waals surface area contributed by atoms with Gasteiger partial charge in [0.05, 0.1) is 26.5 Å². The Morgan fingerprint density at radius 2 is 1.85 bits per heavy atom. The fourth-order valence-corrected chi connectivity index (χ4v) is 3.23. The molecule has 0 aliphatic carbocycles. The molecule has 0 spiro atoms. The maximum Gasteiger partial charge on any atom is 0.250 e. The number of hydrogen-bond donors (Lipinski definition) is 0. The van der Waals surface area contributed by atoms with Gasteiger partial charge in [-0.1, -0.05) is 29.4 Å². The van der Waals surface area contributed by atoms with Crippen LogP contribution in [0.2, 0.25) is 5.15 Å². The Bertz CT molecular complexity index is 1020. The van der Waals surface area contributed by atoms with Crippen molar-refractivity contribution in [1.82, 2.24) is 14.5 Å². The highest BCUT2D eigenvalue weighted by Gasteiger charge is 2.09. The molecule has 0 saturated carbocycles. The Balaban J connectivity index is 1.97. The van der Waals surface area contributed by atoms with Crippen molar-refractivity contribution in [3.8, 4) is 22.8 Å². The number of pyridine rings is 1. The number of ether oxygens (including phenoxy) is 2. The molecule has 140 valence electrons. The standard InChI is InChI=1S/C19H18ClN3O3S/c1-25-15-6-4-12(8-16(15)26-2)10-23-11-13(5-7-18(23)24)14-9-17(20)22-19(21-14)27-3/h4-9,11H,10H2,1-3H3. The van der Waals surface area contributed by atoms with Gasteiger partial charge in [-0.25, -0.2) is 9.97 Å². The van der Waals surface area contributed by atoms with E-state index in [2.05, 4.69) is 9.97 Å². The maximum atomic E-state index is 12.3. The summed E-state index contributed by atoms with van der Waals surface area (Å²) in [7, 11) is 3.16. The third-order valence-electron chi connectivity index (χ3n) is 3.94. The van der Waals surface area contributed by atoms with Gasteiger partial charge in [0.2, 0.25) is 0 Å². The number of hydrogen-bond acceptors (Lipinski definition) is 6. The second kappa shape index (κ2) is 8.45. The first-order valence-electron chi connectivity index (χ1n) is 8.04. The van der Waals surface area contributed by atoms with Crippen LogP contribution in [0.3, 0.4) is 0 Å². The van der Waals surface area contributed by atoms with Gasteiger partial charge in [-0.3, -0.25) is 4.79 Å². The van der Waals surface area contributed by atoms with Crippen LogP contribution in [0.25, 0.3) is 11.3 Å². The van der Waals surface area contributed by atoms with Crippen molar-refractivity contribution in [3.05, 3.63) is 63.7 Å². The van der Waals surface area contributed by atoms with E-state index in [1.165, 1.54) is 17.8 Å². The summed E-state index contributed by atoms with van der Waals surface area (Å²) in [5.74, 6) is 1.26. The van der Waals surface area contributed by atoms with Crippen LogP contribution in [0.4, 0.5) is 0 Å². The van der Waals surface area contributed by atoms with Crippen LogP contribution >= 0.6 is 23.4 Å². The first-order chi connectivity index (χ1) is 13.0. The second-order valence-corrected chi connectivity index (χ2v) is 6.80. The number of thioether (sulfide) groups is 1. The second-order valence-electron chi connectivity index (χ2n) is 5.64. The molecule has 0 saturated heterocycles. The summed E-state index contributed by atoms with van der Waals surface area (Å²) in [6.07, 6.45) is 3.65. The summed E-state index contributed by atoms with van der Waals surface area (Å²) in [4.78, 5) is 20.9. The molecule has 1 aromatic carbocycles. The topological polar surface area (TPSA) is 66.2 Å². The minimum absolute atomic E-state index is 0.112. The molecule has 27 heavy (non-hydrogen) atoms. The van der Waals surface area contributed by atoms with E-state index in [4.69, 9.17) is 21.1 Å². The maximum absolute atomic E-state index is 12.3. The van der Waals surface area contributed by atoms with Gasteiger partial charge in [-0.05, 0) is 30.0 Å². The monoisotopic (exact) mass is 403 g/mol. The molecule has 0 amide bonds. The van der Waals surface area contributed by atoms with E-state index >= 15 is 0 Å². The first-order valence-corrected chi connectivity index (χ1v) is 9.64. The fourth-order valence-electron chi connectivity index (χ4n) is 2.62. The summed E-state index contributed by atoms with van der Waals surface area (Å²) in [6.45, 7) is 0.390. The first kappa shape index (κ1) is 19.3. The van der Waals surface area contributed by atoms with E-state index in [9.17, 15) is 4.79 Å². The quantitative estimate of drug-likeness (QED) is 0.355. The van der Waals surface area contributed by atoms with Crippen LogP contribution in [-0.2, 0) is 6.54 Å². The molecule has 0 aliphatic heterocycles. The van der Waals surface area contributed by atoms with E-state index in [0.29, 0.717) is 34.0 Å². The Labute approximate surface area is 166 Å². The molecule has 0 atom stereocenters. The third kappa shape index (κ3) is 4.43. The zero-order valence-corrected chi connectivity index (χ0v) is 16.7. The summed E-state index contributed by atoms with van der Waals surface area (Å²) < 4.78 is 12.2. The number of benzene rings is 1. The number of aromatic nitrogens is 3. The van der Waals surface area contributed by atoms with Crippen LogP contribution in [0, 0.1) is 0 Å². The molecule has 3 aromatic rings. The van der Waals surface area contributed by atoms with Crippen LogP contribution in [0.1, 0.15) is 5.56 Å². The average Bonchev–Trinajstić information content (AvgIpc) is 2.68. The van der Waals surface area contributed by atoms with Gasteiger partial charge in [0.1, 0.15) is 5.15 Å². The van der Waals surface area contributed by atoms with Crippen molar-refractivity contribution >= 4 is 23.4 Å². The molecular formula is C19H18ClN3O3S. The predicted molar refractivity (Wildman–Crippen MR) is 107 cm³/mol. The summed E-state index contributed by atoms with van der Waals surface area (Å²) in [5.41, 5.74) is 2.26. The molecule has 0 N–H and O–H groups in total. The van der Waals surface area contributed by atoms with Crippen molar-refractivity contribution in [3.63, 3.8) is 0 Å². The van der Waals surface area contributed by atoms with Gasteiger partial charge >= 0.3 is 0 Å². The van der Waals surface area contributed by atoms with Gasteiger partial charge in [-0.2, -0.15) is 0 Å². The molecule has 2 heterocycles. The SMILES string of the molecule is COc1ccc(Cn2cc(-c3cc(Cl)nc(SC)n3)ccc2=O)cc1OC. The van der Waals surface area contributed by atoms with E-state index in [1.807, 2.05) is 24.5 Å². The highest BCUT2D eigenvalue weighted by Crippen LogP contribution is 2.28. The van der Waals surface area contributed by atoms with Crippen molar-refractivity contribution in [1.29, 1.82) is 0 Å². The lowest BCUT2D eigenvalue weighted by molar-refractivity contribution is 0.354. The number of nitrogens with zero attached hydrogens (tertiary/aromatic N) is 3. The molecule has 8 heteroatoms. The molecule has 6 nitrogen and oxygen atoms in total. The Morgan fingerprint density at radius 1 is 1.07 bits per heavy atom. The Morgan fingerprint density at radius 3 is 2.56 bits per heavy atom. The molecular weight excluding hydrogens is 386 g/mol. The molecule has 2 aromatic heterocycles. The van der Waals surface area contributed by atoms with Gasteiger partial charge in [-0.15, -0.1) is 0 Å². The summed E-state index contributed by atoms with van der Waals surface area (Å²) >= 11 is 7.49. The number of methoxy groups -OCH3 is 2. The molecule has 0 fully saturated rings. The summed E-state index contributed by atoms with van der Waals surface area (Å²) in [5, 5.41) is 0.942. The lowest BCUT2D eigenvalue weighted by Gasteiger charge is -2.12. The Kier molecular flexibility index (Phi) is 6.03.